The maximum absolute atomic E-state index is 4.89. The van der Waals surface area contributed by atoms with Crippen LogP contribution in [0.1, 0.15) is 0 Å². The van der Waals surface area contributed by atoms with Gasteiger partial charge in [-0.25, -0.2) is 9.97 Å². The third-order valence-electron chi connectivity index (χ3n) is 9.33. The molecule has 0 atom stereocenters. The lowest BCUT2D eigenvalue weighted by Gasteiger charge is -2.16. The summed E-state index contributed by atoms with van der Waals surface area (Å²) < 4.78 is 2.43. The number of rotatable bonds is 4. The second-order valence-electron chi connectivity index (χ2n) is 12.2. The SMILES string of the molecule is c1ccc2sc(-c3ccc(-c4cc5cc(-c6ccc(-c7nc8ccccc8s7)cc6)c6ccccc6c5c5ccccc45)cc3)nc2c1. The number of benzene rings is 8. The highest BCUT2D eigenvalue weighted by Gasteiger charge is 2.16. The standard InChI is InChI=1S/C44H26N2S2/c1-3-11-34-32(9-1)36(27-17-21-29(22-18-27)43-45-38-13-5-7-15-40(38)47-43)25-31-26-37(33-10-2-4-12-35(33)42(31)34)28-19-23-30(24-20-28)44-46-39-14-6-8-16-41(39)48-44/h1-26H. The van der Waals surface area contributed by atoms with Crippen molar-refractivity contribution in [3.63, 3.8) is 0 Å². The van der Waals surface area contributed by atoms with Gasteiger partial charge in [0.05, 0.1) is 20.4 Å². The van der Waals surface area contributed by atoms with E-state index in [1.54, 1.807) is 22.7 Å². The van der Waals surface area contributed by atoms with Crippen LogP contribution in [0.3, 0.4) is 0 Å². The molecule has 0 saturated carbocycles. The minimum absolute atomic E-state index is 1.05. The Balaban J connectivity index is 1.12. The highest BCUT2D eigenvalue weighted by atomic mass is 32.1. The molecule has 2 heterocycles. The van der Waals surface area contributed by atoms with Crippen LogP contribution in [0, 0.1) is 0 Å². The zero-order valence-electron chi connectivity index (χ0n) is 25.7. The first-order chi connectivity index (χ1) is 23.8. The molecule has 0 amide bonds. The summed E-state index contributed by atoms with van der Waals surface area (Å²) in [6.45, 7) is 0. The van der Waals surface area contributed by atoms with Crippen LogP contribution in [0.4, 0.5) is 0 Å². The molecule has 8 aromatic carbocycles. The summed E-state index contributed by atoms with van der Waals surface area (Å²) in [5, 5.41) is 9.71. The zero-order valence-corrected chi connectivity index (χ0v) is 27.4. The highest BCUT2D eigenvalue weighted by Crippen LogP contribution is 2.43. The van der Waals surface area contributed by atoms with Crippen LogP contribution in [0.15, 0.2) is 158 Å². The van der Waals surface area contributed by atoms with E-state index in [0.29, 0.717) is 0 Å². The van der Waals surface area contributed by atoms with Crippen LogP contribution in [-0.4, -0.2) is 9.97 Å². The molecule has 0 N–H and O–H groups in total. The number of fused-ring (bicyclic) bond motifs is 7. The molecule has 48 heavy (non-hydrogen) atoms. The molecule has 0 bridgehead atoms. The maximum atomic E-state index is 4.89. The van der Waals surface area contributed by atoms with E-state index in [0.717, 1.165) is 32.2 Å². The summed E-state index contributed by atoms with van der Waals surface area (Å²) >= 11 is 3.49. The van der Waals surface area contributed by atoms with Crippen molar-refractivity contribution in [3.05, 3.63) is 158 Å². The van der Waals surface area contributed by atoms with E-state index >= 15 is 0 Å². The molecule has 0 aliphatic carbocycles. The summed E-state index contributed by atoms with van der Waals surface area (Å²) in [6, 6.07) is 57.0. The van der Waals surface area contributed by atoms with E-state index in [1.807, 2.05) is 12.1 Å². The zero-order chi connectivity index (χ0) is 31.6. The fourth-order valence-corrected chi connectivity index (χ4v) is 8.98. The monoisotopic (exact) mass is 646 g/mol. The van der Waals surface area contributed by atoms with Gasteiger partial charge in [-0.15, -0.1) is 22.7 Å². The van der Waals surface area contributed by atoms with Crippen LogP contribution in [0.2, 0.25) is 0 Å². The van der Waals surface area contributed by atoms with Gasteiger partial charge in [0.2, 0.25) is 0 Å². The average Bonchev–Trinajstić information content (AvgIpc) is 3.79. The first-order valence-electron chi connectivity index (χ1n) is 16.1. The fraction of sp³-hybridized carbons (Fsp3) is 0. The van der Waals surface area contributed by atoms with E-state index in [4.69, 9.17) is 9.97 Å². The Bertz CT molecular complexity index is 2570. The smallest absolute Gasteiger partial charge is 0.124 e. The molecule has 2 nitrogen and oxygen atoms in total. The second-order valence-corrected chi connectivity index (χ2v) is 14.2. The van der Waals surface area contributed by atoms with Crippen molar-refractivity contribution >= 4 is 75.4 Å². The van der Waals surface area contributed by atoms with Crippen LogP contribution in [0.5, 0.6) is 0 Å². The van der Waals surface area contributed by atoms with Crippen molar-refractivity contribution < 1.29 is 0 Å². The lowest BCUT2D eigenvalue weighted by molar-refractivity contribution is 1.48. The summed E-state index contributed by atoms with van der Waals surface area (Å²) in [7, 11) is 0. The Morgan fingerprint density at radius 2 is 0.729 bits per heavy atom. The van der Waals surface area contributed by atoms with Gasteiger partial charge in [-0.3, -0.25) is 0 Å². The Labute approximate surface area is 285 Å². The highest BCUT2D eigenvalue weighted by molar-refractivity contribution is 7.22. The van der Waals surface area contributed by atoms with Gasteiger partial charge < -0.3 is 0 Å². The van der Waals surface area contributed by atoms with Crippen molar-refractivity contribution in [2.24, 2.45) is 0 Å². The summed E-state index contributed by atoms with van der Waals surface area (Å²) in [5.41, 5.74) is 9.27. The fourth-order valence-electron chi connectivity index (χ4n) is 7.03. The van der Waals surface area contributed by atoms with E-state index in [2.05, 4.69) is 146 Å². The Morgan fingerprint density at radius 1 is 0.354 bits per heavy atom. The number of hydrogen-bond acceptors (Lipinski definition) is 4. The second kappa shape index (κ2) is 11.0. The molecule has 4 heteroatoms. The van der Waals surface area contributed by atoms with Gasteiger partial charge in [-0.1, -0.05) is 121 Å². The molecular formula is C44H26N2S2. The molecule has 0 radical (unpaired) electrons. The molecular weight excluding hydrogens is 621 g/mol. The molecule has 10 aromatic rings. The topological polar surface area (TPSA) is 25.8 Å². The van der Waals surface area contributed by atoms with Gasteiger partial charge in [0.25, 0.3) is 0 Å². The van der Waals surface area contributed by atoms with Crippen molar-refractivity contribution in [2.45, 2.75) is 0 Å². The number of thiazole rings is 2. The maximum Gasteiger partial charge on any atom is 0.124 e. The van der Waals surface area contributed by atoms with Crippen molar-refractivity contribution in [2.75, 3.05) is 0 Å². The number of para-hydroxylation sites is 2. The van der Waals surface area contributed by atoms with Crippen LogP contribution < -0.4 is 0 Å². The van der Waals surface area contributed by atoms with Crippen molar-refractivity contribution in [3.8, 4) is 43.4 Å². The summed E-state index contributed by atoms with van der Waals surface area (Å²) in [6.07, 6.45) is 0. The Morgan fingerprint density at radius 3 is 1.17 bits per heavy atom. The number of aromatic nitrogens is 2. The first-order valence-corrected chi connectivity index (χ1v) is 17.7. The number of nitrogens with zero attached hydrogens (tertiary/aromatic N) is 2. The lowest BCUT2D eigenvalue weighted by atomic mass is 9.87. The largest absolute Gasteiger partial charge is 0.236 e. The predicted octanol–water partition coefficient (Wildman–Crippen LogP) is 13.0. The summed E-state index contributed by atoms with van der Waals surface area (Å²) in [4.78, 5) is 9.78. The minimum Gasteiger partial charge on any atom is -0.236 e. The van der Waals surface area contributed by atoms with Gasteiger partial charge in [0, 0.05) is 11.1 Å². The van der Waals surface area contributed by atoms with Gasteiger partial charge in [0.15, 0.2) is 0 Å². The van der Waals surface area contributed by atoms with Crippen LogP contribution in [0.25, 0.3) is 96.1 Å². The quantitative estimate of drug-likeness (QED) is 0.178. The van der Waals surface area contributed by atoms with Crippen LogP contribution >= 0.6 is 22.7 Å². The molecule has 2 aromatic heterocycles. The van der Waals surface area contributed by atoms with E-state index in [-0.39, 0.29) is 0 Å². The average molecular weight is 647 g/mol. The van der Waals surface area contributed by atoms with E-state index in [9.17, 15) is 0 Å². The Hall–Kier alpha value is -5.68. The third-order valence-corrected chi connectivity index (χ3v) is 11.5. The molecule has 224 valence electrons. The molecule has 10 rings (SSSR count). The first kappa shape index (κ1) is 27.4. The van der Waals surface area contributed by atoms with Gasteiger partial charge in [-0.2, -0.15) is 0 Å². The minimum atomic E-state index is 1.05. The molecule has 0 unspecified atom stereocenters. The number of hydrogen-bond donors (Lipinski definition) is 0. The van der Waals surface area contributed by atoms with E-state index in [1.165, 1.54) is 64.0 Å². The molecule has 0 aliphatic heterocycles. The molecule has 0 fully saturated rings. The van der Waals surface area contributed by atoms with E-state index < -0.39 is 0 Å². The van der Waals surface area contributed by atoms with Crippen molar-refractivity contribution in [1.29, 1.82) is 0 Å². The molecule has 0 saturated heterocycles. The third kappa shape index (κ3) is 4.45. The molecule has 0 spiro atoms. The van der Waals surface area contributed by atoms with Crippen molar-refractivity contribution in [1.82, 2.24) is 9.97 Å². The lowest BCUT2D eigenvalue weighted by Crippen LogP contribution is -1.89. The Kier molecular flexibility index (Phi) is 6.26. The van der Waals surface area contributed by atoms with Gasteiger partial charge in [0.1, 0.15) is 10.0 Å². The van der Waals surface area contributed by atoms with Gasteiger partial charge >= 0.3 is 0 Å². The molecule has 0 aliphatic rings. The summed E-state index contributed by atoms with van der Waals surface area (Å²) in [5.74, 6) is 0. The normalized spacial score (nSPS) is 11.8. The van der Waals surface area contributed by atoms with Crippen LogP contribution in [-0.2, 0) is 0 Å². The van der Waals surface area contributed by atoms with Gasteiger partial charge in [-0.05, 0) is 91.0 Å². The predicted molar refractivity (Wildman–Crippen MR) is 207 cm³/mol.